The monoisotopic (exact) mass is 490 g/mol. The molecular formula is C28H26F3N2O2+. The minimum Gasteiger partial charge on any atom is -0.478 e. The molecule has 4 nitrogen and oxygen atoms in total. The van der Waals surface area contributed by atoms with E-state index in [9.17, 15) is 14.3 Å². The molecule has 2 aromatic rings. The summed E-state index contributed by atoms with van der Waals surface area (Å²) in [5.41, 5.74) is -3.54. The second-order valence-electron chi connectivity index (χ2n) is 7.96. The highest BCUT2D eigenvalue weighted by atomic mass is 19.2. The number of hydrogen-bond donors (Lipinski definition) is 1. The predicted molar refractivity (Wildman–Crippen MR) is 130 cm³/mol. The van der Waals surface area contributed by atoms with Crippen LogP contribution in [-0.2, 0) is 0 Å². The fourth-order valence-electron chi connectivity index (χ4n) is 3.93. The van der Waals surface area contributed by atoms with Crippen molar-refractivity contribution in [1.29, 1.82) is 0 Å². The first-order valence-corrected chi connectivity index (χ1v) is 10.5. The van der Waals surface area contributed by atoms with Gasteiger partial charge in [0, 0.05) is 57.1 Å². The number of halogens is 3. The van der Waals surface area contributed by atoms with Gasteiger partial charge in [-0.15, -0.1) is 0 Å². The van der Waals surface area contributed by atoms with Crippen LogP contribution in [0.2, 0.25) is 0 Å². The Morgan fingerprint density at radius 1 is 1.03 bits per heavy atom. The van der Waals surface area contributed by atoms with E-state index in [2.05, 4.69) is 0 Å². The van der Waals surface area contributed by atoms with Crippen LogP contribution in [0.3, 0.4) is 0 Å². The third-order valence-electron chi connectivity index (χ3n) is 5.73. The highest BCUT2D eigenvalue weighted by molar-refractivity contribution is 6.05. The summed E-state index contributed by atoms with van der Waals surface area (Å²) in [6.07, 6.45) is 1.85. The molecule has 2 aliphatic heterocycles. The van der Waals surface area contributed by atoms with E-state index in [-0.39, 0.29) is 28.1 Å². The SMILES string of the molecule is [2H]C1([2H])N(c2ccc(C(=C3C=CC(=[N+]4C([2H])([2H])C([2H])([2H])C4([2H])[2H])C=C3)c3c(F)c(C)c(F)c(F)c3C(=O)O)cc2)C([2H])([2H])C1([2H])C. The number of hydrogen-bond acceptors (Lipinski definition) is 2. The van der Waals surface area contributed by atoms with E-state index in [1.165, 1.54) is 36.4 Å². The van der Waals surface area contributed by atoms with Gasteiger partial charge in [-0.2, -0.15) is 0 Å². The Morgan fingerprint density at radius 2 is 1.66 bits per heavy atom. The van der Waals surface area contributed by atoms with E-state index in [1.807, 2.05) is 0 Å². The van der Waals surface area contributed by atoms with E-state index in [0.717, 1.165) is 30.9 Å². The van der Waals surface area contributed by atoms with Crippen molar-refractivity contribution in [2.75, 3.05) is 30.9 Å². The number of carboxylic acid groups (broad SMARTS) is 1. The van der Waals surface area contributed by atoms with Crippen LogP contribution in [-0.4, -0.2) is 47.4 Å². The van der Waals surface area contributed by atoms with Crippen LogP contribution in [0.25, 0.3) is 5.57 Å². The van der Waals surface area contributed by atoms with E-state index < -0.39 is 78.4 Å². The molecule has 0 radical (unpaired) electrons. The van der Waals surface area contributed by atoms with Gasteiger partial charge in [-0.1, -0.05) is 19.1 Å². The van der Waals surface area contributed by atoms with Gasteiger partial charge in [0.05, 0.1) is 6.37 Å². The molecule has 2 heterocycles. The zero-order chi connectivity index (χ0) is 34.7. The molecular weight excluding hydrogens is 453 g/mol. The number of carboxylic acids is 1. The summed E-state index contributed by atoms with van der Waals surface area (Å²) in [7, 11) is 0. The third kappa shape index (κ3) is 3.99. The van der Waals surface area contributed by atoms with Gasteiger partial charge in [0.15, 0.2) is 17.3 Å². The van der Waals surface area contributed by atoms with Gasteiger partial charge in [-0.25, -0.2) is 22.5 Å². The van der Waals surface area contributed by atoms with Gasteiger partial charge in [0.25, 0.3) is 0 Å². The minimum atomic E-state index is -2.89. The topological polar surface area (TPSA) is 43.5 Å². The summed E-state index contributed by atoms with van der Waals surface area (Å²) >= 11 is 0. The lowest BCUT2D eigenvalue weighted by Crippen LogP contribution is -2.45. The normalized spacial score (nSPS) is 30.3. The Balaban J connectivity index is 1.74. The molecule has 0 spiro atoms. The molecule has 0 saturated carbocycles. The number of anilines is 1. The molecule has 2 saturated heterocycles. The summed E-state index contributed by atoms with van der Waals surface area (Å²) in [5, 5.41) is 9.85. The third-order valence-corrected chi connectivity index (χ3v) is 5.73. The van der Waals surface area contributed by atoms with Crippen LogP contribution in [0.4, 0.5) is 18.9 Å². The molecule has 2 aromatic carbocycles. The first kappa shape index (κ1) is 13.5. The zero-order valence-electron chi connectivity index (χ0n) is 29.5. The van der Waals surface area contributed by atoms with E-state index >= 15 is 8.78 Å². The molecule has 3 aliphatic rings. The van der Waals surface area contributed by atoms with Crippen molar-refractivity contribution in [1.82, 2.24) is 0 Å². The molecule has 0 aromatic heterocycles. The Kier molecular flexibility index (Phi) is 3.42. The fourth-order valence-corrected chi connectivity index (χ4v) is 3.93. The van der Waals surface area contributed by atoms with Crippen LogP contribution in [0.15, 0.2) is 54.1 Å². The summed E-state index contributed by atoms with van der Waals surface area (Å²) < 4.78 is 135. The second kappa shape index (κ2) is 8.87. The Bertz CT molecular complexity index is 1780. The molecule has 35 heavy (non-hydrogen) atoms. The predicted octanol–water partition coefficient (Wildman–Crippen LogP) is 5.35. The summed E-state index contributed by atoms with van der Waals surface area (Å²) in [6, 6.07) is 4.94. The van der Waals surface area contributed by atoms with E-state index in [1.54, 1.807) is 0 Å². The van der Waals surface area contributed by atoms with Gasteiger partial charge in [-0.3, -0.25) is 0 Å². The lowest BCUT2D eigenvalue weighted by atomic mass is 9.86. The number of aromatic carboxylic acids is 1. The molecule has 1 N–H and O–H groups in total. The Hall–Kier alpha value is -3.61. The smallest absolute Gasteiger partial charge is 0.339 e. The number of carbonyl (C=O) groups is 1. The van der Waals surface area contributed by atoms with Crippen LogP contribution < -0.4 is 4.90 Å². The van der Waals surface area contributed by atoms with Crippen LogP contribution in [0, 0.1) is 30.3 Å². The van der Waals surface area contributed by atoms with Crippen molar-refractivity contribution in [2.45, 2.75) is 20.2 Å². The van der Waals surface area contributed by atoms with Crippen molar-refractivity contribution in [3.05, 3.63) is 93.8 Å². The average Bonchev–Trinajstić information content (AvgIpc) is 2.95. The Labute approximate surface area is 217 Å². The molecule has 180 valence electrons. The molecule has 7 heteroatoms. The van der Waals surface area contributed by atoms with E-state index in [4.69, 9.17) is 15.1 Å². The number of benzene rings is 2. The summed E-state index contributed by atoms with van der Waals surface area (Å²) in [4.78, 5) is 12.9. The van der Waals surface area contributed by atoms with Crippen molar-refractivity contribution < 1.29 is 42.7 Å². The molecule has 0 amide bonds. The van der Waals surface area contributed by atoms with Gasteiger partial charge in [0.2, 0.25) is 0 Å². The van der Waals surface area contributed by atoms with Crippen LogP contribution in [0.5, 0.6) is 0 Å². The lowest BCUT2D eigenvalue weighted by molar-refractivity contribution is -0.582. The van der Waals surface area contributed by atoms with Gasteiger partial charge < -0.3 is 10.0 Å². The second-order valence-corrected chi connectivity index (χ2v) is 7.96. The van der Waals surface area contributed by atoms with Crippen molar-refractivity contribution in [3.8, 4) is 0 Å². The summed E-state index contributed by atoms with van der Waals surface area (Å²) in [5.74, 6) is -9.13. The van der Waals surface area contributed by atoms with Gasteiger partial charge >= 0.3 is 5.97 Å². The first-order valence-electron chi connectivity index (χ1n) is 16.0. The van der Waals surface area contributed by atoms with Crippen molar-refractivity contribution >= 4 is 22.9 Å². The molecule has 1 aliphatic carbocycles. The maximum Gasteiger partial charge on any atom is 0.339 e. The molecule has 5 rings (SSSR count). The highest BCUT2D eigenvalue weighted by Crippen LogP contribution is 2.38. The molecule has 0 bridgehead atoms. The average molecular weight is 491 g/mol. The van der Waals surface area contributed by atoms with Crippen LogP contribution >= 0.6 is 0 Å². The molecule has 0 atom stereocenters. The van der Waals surface area contributed by atoms with Crippen LogP contribution in [0.1, 0.15) is 55.4 Å². The largest absolute Gasteiger partial charge is 0.478 e. The number of nitrogens with zero attached hydrogens (tertiary/aromatic N) is 2. The fraction of sp³-hybridized carbons (Fsp3) is 0.286. The minimum absolute atomic E-state index is 0.00969. The number of rotatable bonds is 4. The molecule has 0 unspecified atom stereocenters. The maximum absolute atomic E-state index is 15.8. The van der Waals surface area contributed by atoms with Crippen molar-refractivity contribution in [3.63, 3.8) is 0 Å². The standard InChI is InChI=1S/C28H25F3N2O2/c1-16-14-33(15-16)21-10-6-19(7-11-21)22(18-4-8-20(9-5-18)32-12-3-13-32)23-24(28(34)35)27(31)26(30)17(2)25(23)29/h4-11,16H,3,12-15H2,1-2H3/p+1/i3D2,12D2,13D2,14D2,15D2,16D. The first-order chi connectivity index (χ1) is 20.9. The van der Waals surface area contributed by atoms with Crippen molar-refractivity contribution in [2.24, 2.45) is 5.89 Å². The van der Waals surface area contributed by atoms with Gasteiger partial charge in [-0.05, 0) is 48.2 Å². The summed E-state index contributed by atoms with van der Waals surface area (Å²) in [6.45, 7) is -8.46. The van der Waals surface area contributed by atoms with E-state index in [0.29, 0.717) is 4.58 Å². The zero-order valence-corrected chi connectivity index (χ0v) is 18.5. The Morgan fingerprint density at radius 3 is 2.26 bits per heavy atom. The maximum atomic E-state index is 15.8. The molecule has 2 fully saturated rings. The number of allylic oxidation sites excluding steroid dienone is 5. The highest BCUT2D eigenvalue weighted by Gasteiger charge is 2.31. The lowest BCUT2D eigenvalue weighted by Gasteiger charge is -2.39. The quantitative estimate of drug-likeness (QED) is 0.464. The van der Waals surface area contributed by atoms with Gasteiger partial charge in [0.1, 0.15) is 29.9 Å².